The lowest BCUT2D eigenvalue weighted by atomic mass is 10.2. The maximum atomic E-state index is 6.05. The zero-order valence-electron chi connectivity index (χ0n) is 12.0. The van der Waals surface area contributed by atoms with E-state index < -0.39 is 0 Å². The number of piperazine rings is 1. The largest absolute Gasteiger partial charge is 0.369 e. The third kappa shape index (κ3) is 4.94. The van der Waals surface area contributed by atoms with Gasteiger partial charge in [-0.1, -0.05) is 17.7 Å². The van der Waals surface area contributed by atoms with Crippen molar-refractivity contribution in [1.29, 1.82) is 0 Å². The summed E-state index contributed by atoms with van der Waals surface area (Å²) in [5.41, 5.74) is 6.68. The molecule has 0 unspecified atom stereocenters. The van der Waals surface area contributed by atoms with E-state index in [1.807, 2.05) is 18.2 Å². The van der Waals surface area contributed by atoms with Crippen LogP contribution in [0.1, 0.15) is 6.42 Å². The number of nitrogens with zero attached hydrogens (tertiary/aromatic N) is 2. The molecule has 5 heteroatoms. The molecule has 0 amide bonds. The molecule has 0 saturated carbocycles. The number of benzene rings is 1. The van der Waals surface area contributed by atoms with Crippen molar-refractivity contribution in [3.8, 4) is 0 Å². The number of halogens is 1. The van der Waals surface area contributed by atoms with Gasteiger partial charge in [0.1, 0.15) is 0 Å². The second kappa shape index (κ2) is 8.47. The van der Waals surface area contributed by atoms with Crippen LogP contribution in [-0.2, 0) is 0 Å². The predicted molar refractivity (Wildman–Crippen MR) is 86.6 cm³/mol. The van der Waals surface area contributed by atoms with Crippen LogP contribution >= 0.6 is 11.6 Å². The van der Waals surface area contributed by atoms with Crippen molar-refractivity contribution in [2.45, 2.75) is 6.42 Å². The van der Waals surface area contributed by atoms with E-state index in [1.54, 1.807) is 0 Å². The number of anilines is 1. The van der Waals surface area contributed by atoms with Crippen LogP contribution in [0.5, 0.6) is 0 Å². The van der Waals surface area contributed by atoms with Crippen molar-refractivity contribution in [2.24, 2.45) is 5.73 Å². The third-order valence-corrected chi connectivity index (χ3v) is 3.93. The maximum Gasteiger partial charge on any atom is 0.0426 e. The van der Waals surface area contributed by atoms with Gasteiger partial charge in [0.05, 0.1) is 0 Å². The smallest absolute Gasteiger partial charge is 0.0426 e. The molecule has 0 aliphatic carbocycles. The Balaban J connectivity index is 1.67. The molecular formula is C15H25ClN4. The SMILES string of the molecule is NCCNCCCN1CCN(c2cccc(Cl)c2)CC1. The minimum atomic E-state index is 0.721. The highest BCUT2D eigenvalue weighted by atomic mass is 35.5. The average molecular weight is 297 g/mol. The van der Waals surface area contributed by atoms with Crippen molar-refractivity contribution in [1.82, 2.24) is 10.2 Å². The molecule has 0 atom stereocenters. The first kappa shape index (κ1) is 15.6. The van der Waals surface area contributed by atoms with Crippen molar-refractivity contribution < 1.29 is 0 Å². The van der Waals surface area contributed by atoms with Gasteiger partial charge in [-0.25, -0.2) is 0 Å². The molecule has 1 saturated heterocycles. The molecule has 0 radical (unpaired) electrons. The molecule has 0 bridgehead atoms. The zero-order valence-corrected chi connectivity index (χ0v) is 12.8. The van der Waals surface area contributed by atoms with Gasteiger partial charge in [0.25, 0.3) is 0 Å². The highest BCUT2D eigenvalue weighted by molar-refractivity contribution is 6.30. The summed E-state index contributed by atoms with van der Waals surface area (Å²) in [6.07, 6.45) is 1.19. The Kier molecular flexibility index (Phi) is 6.60. The highest BCUT2D eigenvalue weighted by Gasteiger charge is 2.16. The van der Waals surface area contributed by atoms with Crippen LogP contribution in [0.4, 0.5) is 5.69 Å². The first-order chi connectivity index (χ1) is 9.79. The minimum Gasteiger partial charge on any atom is -0.369 e. The van der Waals surface area contributed by atoms with Crippen molar-refractivity contribution in [3.63, 3.8) is 0 Å². The average Bonchev–Trinajstić information content (AvgIpc) is 2.48. The van der Waals surface area contributed by atoms with E-state index in [-0.39, 0.29) is 0 Å². The molecular weight excluding hydrogens is 272 g/mol. The predicted octanol–water partition coefficient (Wildman–Crippen LogP) is 1.40. The van der Waals surface area contributed by atoms with Gasteiger partial charge in [-0.3, -0.25) is 4.90 Å². The van der Waals surface area contributed by atoms with E-state index in [2.05, 4.69) is 21.2 Å². The zero-order chi connectivity index (χ0) is 14.2. The summed E-state index contributed by atoms with van der Waals surface area (Å²) < 4.78 is 0. The van der Waals surface area contributed by atoms with Gasteiger partial charge in [-0.2, -0.15) is 0 Å². The van der Waals surface area contributed by atoms with Gasteiger partial charge >= 0.3 is 0 Å². The van der Waals surface area contributed by atoms with Crippen LogP contribution in [0.15, 0.2) is 24.3 Å². The van der Waals surface area contributed by atoms with E-state index in [0.29, 0.717) is 0 Å². The van der Waals surface area contributed by atoms with Crippen molar-refractivity contribution >= 4 is 17.3 Å². The highest BCUT2D eigenvalue weighted by Crippen LogP contribution is 2.20. The molecule has 20 heavy (non-hydrogen) atoms. The molecule has 1 heterocycles. The number of nitrogens with one attached hydrogen (secondary N) is 1. The molecule has 112 valence electrons. The second-order valence-electron chi connectivity index (χ2n) is 5.20. The number of hydrogen-bond donors (Lipinski definition) is 2. The van der Waals surface area contributed by atoms with E-state index in [0.717, 1.165) is 50.8 Å². The second-order valence-corrected chi connectivity index (χ2v) is 5.64. The molecule has 0 aromatic heterocycles. The van der Waals surface area contributed by atoms with Crippen LogP contribution in [-0.4, -0.2) is 57.3 Å². The minimum absolute atomic E-state index is 0.721. The lowest BCUT2D eigenvalue weighted by Crippen LogP contribution is -2.47. The maximum absolute atomic E-state index is 6.05. The van der Waals surface area contributed by atoms with Crippen molar-refractivity contribution in [3.05, 3.63) is 29.3 Å². The standard InChI is InChI=1S/C15H25ClN4/c16-14-3-1-4-15(13-14)20-11-9-19(10-12-20)8-2-6-18-7-5-17/h1,3-4,13,18H,2,5-12,17H2. The molecule has 1 aromatic rings. The molecule has 1 aliphatic heterocycles. The van der Waals surface area contributed by atoms with Crippen molar-refractivity contribution in [2.75, 3.05) is 57.3 Å². The van der Waals surface area contributed by atoms with E-state index in [1.165, 1.54) is 18.7 Å². The first-order valence-electron chi connectivity index (χ1n) is 7.43. The number of nitrogens with two attached hydrogens (primary N) is 1. The fourth-order valence-corrected chi connectivity index (χ4v) is 2.74. The quantitative estimate of drug-likeness (QED) is 0.747. The Morgan fingerprint density at radius 2 is 1.95 bits per heavy atom. The first-order valence-corrected chi connectivity index (χ1v) is 7.81. The summed E-state index contributed by atoms with van der Waals surface area (Å²) in [7, 11) is 0. The van der Waals surface area contributed by atoms with E-state index in [9.17, 15) is 0 Å². The van der Waals surface area contributed by atoms with E-state index in [4.69, 9.17) is 17.3 Å². The van der Waals surface area contributed by atoms with Crippen LogP contribution in [0.25, 0.3) is 0 Å². The summed E-state index contributed by atoms with van der Waals surface area (Å²) >= 11 is 6.05. The molecule has 1 aromatic carbocycles. The van der Waals surface area contributed by atoms with Gasteiger partial charge < -0.3 is 16.0 Å². The van der Waals surface area contributed by atoms with Crippen LogP contribution < -0.4 is 16.0 Å². The summed E-state index contributed by atoms with van der Waals surface area (Å²) in [6.45, 7) is 8.29. The Hall–Kier alpha value is -0.810. The topological polar surface area (TPSA) is 44.5 Å². The van der Waals surface area contributed by atoms with Gasteiger partial charge in [-0.05, 0) is 37.7 Å². The summed E-state index contributed by atoms with van der Waals surface area (Å²) in [6, 6.07) is 8.13. The lowest BCUT2D eigenvalue weighted by Gasteiger charge is -2.36. The van der Waals surface area contributed by atoms with E-state index >= 15 is 0 Å². The Bertz CT molecular complexity index is 391. The normalized spacial score (nSPS) is 16.6. The summed E-state index contributed by atoms with van der Waals surface area (Å²) in [5.74, 6) is 0. The summed E-state index contributed by atoms with van der Waals surface area (Å²) in [4.78, 5) is 4.94. The van der Waals surface area contributed by atoms with Gasteiger partial charge in [0.2, 0.25) is 0 Å². The molecule has 3 N–H and O–H groups in total. The van der Waals surface area contributed by atoms with Crippen LogP contribution in [0.3, 0.4) is 0 Å². The van der Waals surface area contributed by atoms with Crippen LogP contribution in [0, 0.1) is 0 Å². The Labute approximate surface area is 126 Å². The van der Waals surface area contributed by atoms with Gasteiger partial charge in [-0.15, -0.1) is 0 Å². The molecule has 1 fully saturated rings. The number of hydrogen-bond acceptors (Lipinski definition) is 4. The molecule has 0 spiro atoms. The molecule has 4 nitrogen and oxygen atoms in total. The molecule has 2 rings (SSSR count). The van der Waals surface area contributed by atoms with Gasteiger partial charge in [0.15, 0.2) is 0 Å². The molecule has 1 aliphatic rings. The monoisotopic (exact) mass is 296 g/mol. The lowest BCUT2D eigenvalue weighted by molar-refractivity contribution is 0.254. The number of rotatable bonds is 7. The third-order valence-electron chi connectivity index (χ3n) is 3.69. The Morgan fingerprint density at radius 1 is 1.15 bits per heavy atom. The summed E-state index contributed by atoms with van der Waals surface area (Å²) in [5, 5.41) is 4.15. The Morgan fingerprint density at radius 3 is 2.65 bits per heavy atom. The van der Waals surface area contributed by atoms with Gasteiger partial charge in [0, 0.05) is 50.0 Å². The fourth-order valence-electron chi connectivity index (χ4n) is 2.56. The van der Waals surface area contributed by atoms with Crippen LogP contribution in [0.2, 0.25) is 5.02 Å². The fraction of sp³-hybridized carbons (Fsp3) is 0.600.